The van der Waals surface area contributed by atoms with Crippen molar-refractivity contribution in [2.24, 2.45) is 5.73 Å². The van der Waals surface area contributed by atoms with Gasteiger partial charge in [-0.25, -0.2) is 0 Å². The molecule has 0 atom stereocenters. The van der Waals surface area contributed by atoms with E-state index in [0.29, 0.717) is 24.7 Å². The smallest absolute Gasteiger partial charge is 0.228 e. The summed E-state index contributed by atoms with van der Waals surface area (Å²) < 4.78 is 5.17. The van der Waals surface area contributed by atoms with Gasteiger partial charge in [0.05, 0.1) is 0 Å². The molecule has 5 heteroatoms. The molecule has 100 valence electrons. The van der Waals surface area contributed by atoms with E-state index in [1.807, 2.05) is 0 Å². The summed E-state index contributed by atoms with van der Waals surface area (Å²) >= 11 is 0. The number of benzene rings is 1. The van der Waals surface area contributed by atoms with E-state index >= 15 is 0 Å². The lowest BCUT2D eigenvalue weighted by molar-refractivity contribution is 0.380. The van der Waals surface area contributed by atoms with Crippen LogP contribution < -0.4 is 10.6 Å². The van der Waals surface area contributed by atoms with Gasteiger partial charge in [0.1, 0.15) is 0 Å². The topological polar surface area (TPSA) is 68.2 Å². The number of aryl methyl sites for hydroxylation is 1. The van der Waals surface area contributed by atoms with Crippen molar-refractivity contribution in [1.29, 1.82) is 0 Å². The number of nitrogens with two attached hydrogens (primary N) is 1. The van der Waals surface area contributed by atoms with E-state index in [0.717, 1.165) is 18.5 Å². The van der Waals surface area contributed by atoms with Crippen LogP contribution >= 0.6 is 0 Å². The van der Waals surface area contributed by atoms with E-state index in [2.05, 4.69) is 40.3 Å². The minimum Gasteiger partial charge on any atom is -0.374 e. The third kappa shape index (κ3) is 2.33. The van der Waals surface area contributed by atoms with Crippen molar-refractivity contribution >= 4 is 5.69 Å². The van der Waals surface area contributed by atoms with Crippen LogP contribution in [0.2, 0.25) is 0 Å². The Morgan fingerprint density at radius 2 is 2.32 bits per heavy atom. The van der Waals surface area contributed by atoms with E-state index in [9.17, 15) is 0 Å². The summed E-state index contributed by atoms with van der Waals surface area (Å²) in [6.45, 7) is 1.64. The lowest BCUT2D eigenvalue weighted by atomic mass is 9.99. The van der Waals surface area contributed by atoms with Crippen molar-refractivity contribution in [1.82, 2.24) is 10.1 Å². The number of rotatable bonds is 3. The molecule has 19 heavy (non-hydrogen) atoms. The maximum Gasteiger partial charge on any atom is 0.228 e. The van der Waals surface area contributed by atoms with Crippen LogP contribution in [-0.2, 0) is 12.8 Å². The highest BCUT2D eigenvalue weighted by Crippen LogP contribution is 2.29. The normalized spacial score (nSPS) is 14.5. The zero-order valence-electron chi connectivity index (χ0n) is 11.1. The molecular weight excluding hydrogens is 240 g/mol. The Hall–Kier alpha value is -1.88. The molecule has 0 saturated carbocycles. The lowest BCUT2D eigenvalue weighted by Gasteiger charge is -2.27. The van der Waals surface area contributed by atoms with Crippen LogP contribution in [0.25, 0.3) is 11.4 Å². The first-order valence-corrected chi connectivity index (χ1v) is 6.65. The second kappa shape index (κ2) is 5.01. The first-order valence-electron chi connectivity index (χ1n) is 6.65. The standard InChI is InChI=1S/C14H18N4O/c1-18-8-2-3-10-9-11(4-5-12(10)18)14-16-13(6-7-15)19-17-14/h4-5,9H,2-3,6-8,15H2,1H3. The fraction of sp³-hybridized carbons (Fsp3) is 0.429. The molecule has 0 bridgehead atoms. The molecule has 0 spiro atoms. The van der Waals surface area contributed by atoms with E-state index < -0.39 is 0 Å². The van der Waals surface area contributed by atoms with Gasteiger partial charge in [-0.2, -0.15) is 4.98 Å². The molecule has 1 aliphatic rings. The molecular formula is C14H18N4O. The van der Waals surface area contributed by atoms with Crippen LogP contribution in [0.15, 0.2) is 22.7 Å². The van der Waals surface area contributed by atoms with Crippen molar-refractivity contribution < 1.29 is 4.52 Å². The summed E-state index contributed by atoms with van der Waals surface area (Å²) in [7, 11) is 2.13. The SMILES string of the molecule is CN1CCCc2cc(-c3noc(CCN)n3)ccc21. The Balaban J connectivity index is 1.92. The first kappa shape index (κ1) is 12.2. The summed E-state index contributed by atoms with van der Waals surface area (Å²) in [6, 6.07) is 6.36. The monoisotopic (exact) mass is 258 g/mol. The highest BCUT2D eigenvalue weighted by molar-refractivity contribution is 5.65. The van der Waals surface area contributed by atoms with Gasteiger partial charge >= 0.3 is 0 Å². The molecule has 0 fully saturated rings. The minimum absolute atomic E-state index is 0.524. The van der Waals surface area contributed by atoms with Gasteiger partial charge in [-0.15, -0.1) is 0 Å². The zero-order valence-corrected chi connectivity index (χ0v) is 11.1. The van der Waals surface area contributed by atoms with E-state index in [1.165, 1.54) is 17.7 Å². The molecule has 0 radical (unpaired) electrons. The van der Waals surface area contributed by atoms with Gasteiger partial charge in [-0.3, -0.25) is 0 Å². The molecule has 0 unspecified atom stereocenters. The highest BCUT2D eigenvalue weighted by Gasteiger charge is 2.16. The van der Waals surface area contributed by atoms with Crippen LogP contribution in [0.4, 0.5) is 5.69 Å². The predicted molar refractivity (Wildman–Crippen MR) is 74.1 cm³/mol. The Bertz CT molecular complexity index is 579. The molecule has 2 aromatic rings. The summed E-state index contributed by atoms with van der Waals surface area (Å²) in [5.74, 6) is 1.26. The third-order valence-electron chi connectivity index (χ3n) is 3.51. The molecule has 0 aliphatic carbocycles. The second-order valence-corrected chi connectivity index (χ2v) is 4.92. The van der Waals surface area contributed by atoms with Gasteiger partial charge in [-0.1, -0.05) is 5.16 Å². The average Bonchev–Trinajstić information content (AvgIpc) is 2.88. The van der Waals surface area contributed by atoms with Gasteiger partial charge < -0.3 is 15.2 Å². The van der Waals surface area contributed by atoms with Gasteiger partial charge in [0, 0.05) is 37.8 Å². The van der Waals surface area contributed by atoms with Gasteiger partial charge in [-0.05, 0) is 36.6 Å². The maximum atomic E-state index is 5.48. The van der Waals surface area contributed by atoms with E-state index in [1.54, 1.807) is 0 Å². The molecule has 2 N–H and O–H groups in total. The number of nitrogens with zero attached hydrogens (tertiary/aromatic N) is 3. The second-order valence-electron chi connectivity index (χ2n) is 4.92. The number of aromatic nitrogens is 2. The number of fused-ring (bicyclic) bond motifs is 1. The molecule has 1 aromatic heterocycles. The van der Waals surface area contributed by atoms with Crippen molar-refractivity contribution in [2.75, 3.05) is 25.0 Å². The molecule has 1 aromatic carbocycles. The third-order valence-corrected chi connectivity index (χ3v) is 3.51. The van der Waals surface area contributed by atoms with Crippen LogP contribution in [0.3, 0.4) is 0 Å². The quantitative estimate of drug-likeness (QED) is 0.906. The number of hydrogen-bond acceptors (Lipinski definition) is 5. The Kier molecular flexibility index (Phi) is 3.21. The van der Waals surface area contributed by atoms with Gasteiger partial charge in [0.25, 0.3) is 0 Å². The fourth-order valence-corrected chi connectivity index (χ4v) is 2.52. The summed E-state index contributed by atoms with van der Waals surface area (Å²) in [6.07, 6.45) is 2.93. The molecule has 1 aliphatic heterocycles. The number of anilines is 1. The van der Waals surface area contributed by atoms with Crippen LogP contribution in [-0.4, -0.2) is 30.3 Å². The Morgan fingerprint density at radius 3 is 3.16 bits per heavy atom. The molecule has 2 heterocycles. The Labute approximate surface area is 112 Å². The van der Waals surface area contributed by atoms with E-state index in [-0.39, 0.29) is 0 Å². The van der Waals surface area contributed by atoms with Crippen molar-refractivity contribution in [3.8, 4) is 11.4 Å². The summed E-state index contributed by atoms with van der Waals surface area (Å²) in [5, 5.41) is 4.02. The predicted octanol–water partition coefficient (Wildman–Crippen LogP) is 1.62. The molecule has 0 saturated heterocycles. The first-order chi connectivity index (χ1) is 9.28. The molecule has 5 nitrogen and oxygen atoms in total. The lowest BCUT2D eigenvalue weighted by Crippen LogP contribution is -2.24. The summed E-state index contributed by atoms with van der Waals surface area (Å²) in [5.41, 5.74) is 9.16. The van der Waals surface area contributed by atoms with Crippen molar-refractivity contribution in [2.45, 2.75) is 19.3 Å². The zero-order chi connectivity index (χ0) is 13.2. The minimum atomic E-state index is 0.524. The maximum absolute atomic E-state index is 5.48. The average molecular weight is 258 g/mol. The van der Waals surface area contributed by atoms with E-state index in [4.69, 9.17) is 10.3 Å². The summed E-state index contributed by atoms with van der Waals surface area (Å²) in [4.78, 5) is 6.66. The largest absolute Gasteiger partial charge is 0.374 e. The van der Waals surface area contributed by atoms with Gasteiger partial charge in [0.15, 0.2) is 0 Å². The van der Waals surface area contributed by atoms with Crippen molar-refractivity contribution in [3.05, 3.63) is 29.7 Å². The Morgan fingerprint density at radius 1 is 1.42 bits per heavy atom. The van der Waals surface area contributed by atoms with Crippen molar-refractivity contribution in [3.63, 3.8) is 0 Å². The fourth-order valence-electron chi connectivity index (χ4n) is 2.52. The highest BCUT2D eigenvalue weighted by atomic mass is 16.5. The molecule has 0 amide bonds. The van der Waals surface area contributed by atoms with Crippen LogP contribution in [0.1, 0.15) is 17.9 Å². The van der Waals surface area contributed by atoms with Gasteiger partial charge in [0.2, 0.25) is 11.7 Å². The number of hydrogen-bond donors (Lipinski definition) is 1. The van der Waals surface area contributed by atoms with Crippen LogP contribution in [0, 0.1) is 0 Å². The van der Waals surface area contributed by atoms with Crippen LogP contribution in [0.5, 0.6) is 0 Å². The molecule has 3 rings (SSSR count).